The monoisotopic (exact) mass is 316 g/mol. The number of sulfonamides is 1. The highest BCUT2D eigenvalue weighted by molar-refractivity contribution is 7.90. The molecule has 1 fully saturated rings. The van der Waals surface area contributed by atoms with Crippen LogP contribution in [0.25, 0.3) is 0 Å². The number of carbonyl (C=O) groups is 2. The van der Waals surface area contributed by atoms with Crippen LogP contribution in [-0.4, -0.2) is 31.4 Å². The van der Waals surface area contributed by atoms with Crippen molar-refractivity contribution in [3.05, 3.63) is 35.1 Å². The quantitative estimate of drug-likeness (QED) is 0.698. The van der Waals surface area contributed by atoms with E-state index in [2.05, 4.69) is 0 Å². The van der Waals surface area contributed by atoms with Gasteiger partial charge in [0.05, 0.1) is 6.42 Å². The zero-order valence-corrected chi connectivity index (χ0v) is 11.6. The molecule has 1 aliphatic heterocycles. The maximum atomic E-state index is 14.0. The van der Waals surface area contributed by atoms with Crippen LogP contribution in [0.3, 0.4) is 0 Å². The smallest absolute Gasteiger partial charge is 0.320 e. The predicted octanol–water partition coefficient (Wildman–Crippen LogP) is -0.329. The highest BCUT2D eigenvalue weighted by Gasteiger charge is 2.39. The van der Waals surface area contributed by atoms with Crippen LogP contribution in [0.1, 0.15) is 22.8 Å². The molecule has 0 saturated carbocycles. The largest absolute Gasteiger partial charge is 0.480 e. The van der Waals surface area contributed by atoms with Gasteiger partial charge in [0, 0.05) is 5.56 Å². The van der Waals surface area contributed by atoms with Crippen molar-refractivity contribution in [2.24, 2.45) is 5.73 Å². The van der Waals surface area contributed by atoms with E-state index in [0.717, 1.165) is 6.07 Å². The third-order valence-corrected chi connectivity index (χ3v) is 4.87. The molecule has 9 heteroatoms. The summed E-state index contributed by atoms with van der Waals surface area (Å²) in [6, 6.07) is 2.51. The highest BCUT2D eigenvalue weighted by Crippen LogP contribution is 2.32. The van der Waals surface area contributed by atoms with Crippen LogP contribution < -0.4 is 10.5 Å². The number of hydrogen-bond donors (Lipinski definition) is 3. The summed E-state index contributed by atoms with van der Waals surface area (Å²) in [5.74, 6) is -2.71. The van der Waals surface area contributed by atoms with Crippen molar-refractivity contribution >= 4 is 21.9 Å². The minimum Gasteiger partial charge on any atom is -0.480 e. The Hall–Kier alpha value is -2.00. The third-order valence-electron chi connectivity index (χ3n) is 3.19. The van der Waals surface area contributed by atoms with Gasteiger partial charge in [-0.3, -0.25) is 14.3 Å². The zero-order valence-electron chi connectivity index (χ0n) is 10.7. The number of nitrogens with two attached hydrogens (primary N) is 1. The molecule has 1 aromatic carbocycles. The number of nitrogens with one attached hydrogen (secondary N) is 1. The zero-order chi connectivity index (χ0) is 15.8. The minimum absolute atomic E-state index is 0.0822. The molecule has 21 heavy (non-hydrogen) atoms. The van der Waals surface area contributed by atoms with Gasteiger partial charge in [-0.25, -0.2) is 12.8 Å². The summed E-state index contributed by atoms with van der Waals surface area (Å²) in [5.41, 5.74) is 5.56. The Labute approximate surface area is 120 Å². The molecule has 2 atom stereocenters. The number of carbonyl (C=O) groups excluding carboxylic acids is 1. The maximum absolute atomic E-state index is 14.0. The van der Waals surface area contributed by atoms with Crippen LogP contribution in [-0.2, 0) is 26.0 Å². The van der Waals surface area contributed by atoms with Crippen molar-refractivity contribution in [1.29, 1.82) is 0 Å². The minimum atomic E-state index is -3.92. The van der Waals surface area contributed by atoms with Gasteiger partial charge in [-0.05, 0) is 18.1 Å². The first kappa shape index (κ1) is 15.4. The Kier molecular flexibility index (Phi) is 3.97. The van der Waals surface area contributed by atoms with Crippen molar-refractivity contribution in [3.63, 3.8) is 0 Å². The molecule has 0 aliphatic carbocycles. The van der Waals surface area contributed by atoms with Crippen LogP contribution in [0.4, 0.5) is 4.39 Å². The fourth-order valence-corrected chi connectivity index (χ4v) is 3.57. The van der Waals surface area contributed by atoms with Crippen molar-refractivity contribution in [2.45, 2.75) is 24.1 Å². The second kappa shape index (κ2) is 5.41. The molecule has 1 aromatic rings. The molecule has 0 bridgehead atoms. The molecule has 1 saturated heterocycles. The second-order valence-corrected chi connectivity index (χ2v) is 6.63. The Balaban J connectivity index is 2.28. The predicted molar refractivity (Wildman–Crippen MR) is 70.1 cm³/mol. The average molecular weight is 316 g/mol. The van der Waals surface area contributed by atoms with Gasteiger partial charge in [-0.1, -0.05) is 12.1 Å². The number of carboxylic acid groups (broad SMARTS) is 1. The lowest BCUT2D eigenvalue weighted by atomic mass is 10.0. The van der Waals surface area contributed by atoms with Crippen molar-refractivity contribution in [3.8, 4) is 0 Å². The van der Waals surface area contributed by atoms with Gasteiger partial charge < -0.3 is 10.8 Å². The van der Waals surface area contributed by atoms with Crippen molar-refractivity contribution < 1.29 is 27.5 Å². The SMILES string of the molecule is N[C@@H](Cc1ccc(C2CC(=O)NS2(=O)=O)c(F)c1)C(=O)O. The van der Waals surface area contributed by atoms with E-state index in [-0.39, 0.29) is 18.4 Å². The Morgan fingerprint density at radius 2 is 2.19 bits per heavy atom. The summed E-state index contributed by atoms with van der Waals surface area (Å²) in [6.07, 6.45) is -0.422. The molecule has 2 rings (SSSR count). The number of hydrogen-bond acceptors (Lipinski definition) is 5. The first-order valence-electron chi connectivity index (χ1n) is 6.02. The highest BCUT2D eigenvalue weighted by atomic mass is 32.2. The normalized spacial score (nSPS) is 21.8. The lowest BCUT2D eigenvalue weighted by Gasteiger charge is -2.12. The molecule has 0 aromatic heterocycles. The maximum Gasteiger partial charge on any atom is 0.320 e. The molecule has 1 unspecified atom stereocenters. The van der Waals surface area contributed by atoms with E-state index in [0.29, 0.717) is 5.56 Å². The van der Waals surface area contributed by atoms with Gasteiger partial charge >= 0.3 is 5.97 Å². The molecule has 0 spiro atoms. The lowest BCUT2D eigenvalue weighted by molar-refractivity contribution is -0.138. The number of amides is 1. The lowest BCUT2D eigenvalue weighted by Crippen LogP contribution is -2.32. The first-order valence-corrected chi connectivity index (χ1v) is 7.56. The van der Waals surface area contributed by atoms with Crippen LogP contribution in [0.5, 0.6) is 0 Å². The van der Waals surface area contributed by atoms with E-state index in [9.17, 15) is 22.4 Å². The third kappa shape index (κ3) is 3.19. The fraction of sp³-hybridized carbons (Fsp3) is 0.333. The van der Waals surface area contributed by atoms with Gasteiger partial charge in [0.2, 0.25) is 15.9 Å². The number of rotatable bonds is 4. The summed E-state index contributed by atoms with van der Waals surface area (Å²) in [4.78, 5) is 21.8. The molecule has 1 aliphatic rings. The van der Waals surface area contributed by atoms with Gasteiger partial charge in [0.15, 0.2) is 0 Å². The summed E-state index contributed by atoms with van der Waals surface area (Å²) in [7, 11) is -3.92. The van der Waals surface area contributed by atoms with Crippen molar-refractivity contribution in [2.75, 3.05) is 0 Å². The van der Waals surface area contributed by atoms with Crippen LogP contribution in [0, 0.1) is 5.82 Å². The Bertz CT molecular complexity index is 704. The van der Waals surface area contributed by atoms with E-state index in [1.165, 1.54) is 12.1 Å². The van der Waals surface area contributed by atoms with Gasteiger partial charge in [0.25, 0.3) is 0 Å². The molecule has 0 radical (unpaired) electrons. The molecule has 1 amide bonds. The fourth-order valence-electron chi connectivity index (χ4n) is 2.13. The Morgan fingerprint density at radius 3 is 2.67 bits per heavy atom. The number of halogens is 1. The number of carboxylic acids is 1. The summed E-state index contributed by atoms with van der Waals surface area (Å²) < 4.78 is 39.2. The molecule has 1 heterocycles. The standard InChI is InChI=1S/C12H13FN2O5S/c13-8-3-6(4-9(14)12(17)18)1-2-7(8)10-5-11(16)15-21(10,19)20/h1-3,9-10H,4-5,14H2,(H,15,16)(H,17,18)/t9-,10?/m0/s1. The number of aliphatic carboxylic acids is 1. The van der Waals surface area contributed by atoms with E-state index in [4.69, 9.17) is 10.8 Å². The molecule has 7 nitrogen and oxygen atoms in total. The van der Waals surface area contributed by atoms with E-state index in [1.807, 2.05) is 0 Å². The summed E-state index contributed by atoms with van der Waals surface area (Å²) in [6.45, 7) is 0. The van der Waals surface area contributed by atoms with Gasteiger partial charge in [0.1, 0.15) is 17.1 Å². The molecule has 114 valence electrons. The molecular weight excluding hydrogens is 303 g/mol. The Morgan fingerprint density at radius 1 is 1.52 bits per heavy atom. The molecule has 4 N–H and O–H groups in total. The van der Waals surface area contributed by atoms with Gasteiger partial charge in [-0.15, -0.1) is 0 Å². The second-order valence-electron chi connectivity index (χ2n) is 4.77. The number of benzene rings is 1. The topological polar surface area (TPSA) is 127 Å². The average Bonchev–Trinajstić information content (AvgIpc) is 2.62. The summed E-state index contributed by atoms with van der Waals surface area (Å²) in [5, 5.41) is 7.42. The van der Waals surface area contributed by atoms with Gasteiger partial charge in [-0.2, -0.15) is 0 Å². The van der Waals surface area contributed by atoms with Crippen LogP contribution in [0.2, 0.25) is 0 Å². The van der Waals surface area contributed by atoms with Crippen LogP contribution >= 0.6 is 0 Å². The van der Waals surface area contributed by atoms with E-state index < -0.39 is 39.0 Å². The van der Waals surface area contributed by atoms with E-state index >= 15 is 0 Å². The first-order chi connectivity index (χ1) is 9.70. The van der Waals surface area contributed by atoms with E-state index in [1.54, 1.807) is 4.72 Å². The summed E-state index contributed by atoms with van der Waals surface area (Å²) >= 11 is 0. The van der Waals surface area contributed by atoms with Crippen molar-refractivity contribution in [1.82, 2.24) is 4.72 Å². The molecular formula is C12H13FN2O5S. The van der Waals surface area contributed by atoms with Crippen LogP contribution in [0.15, 0.2) is 18.2 Å².